The molecule has 7 heteroatoms. The van der Waals surface area contributed by atoms with E-state index in [-0.39, 0.29) is 6.61 Å². The average molecular weight is 283 g/mol. The molecule has 0 aromatic heterocycles. The highest BCUT2D eigenvalue weighted by Gasteiger charge is 2.19. The zero-order valence-corrected chi connectivity index (χ0v) is 11.3. The Kier molecular flexibility index (Phi) is 5.79. The first-order chi connectivity index (χ1) is 9.47. The lowest BCUT2D eigenvalue weighted by Gasteiger charge is -2.13. The molecule has 0 aliphatic carbocycles. The van der Waals surface area contributed by atoms with Gasteiger partial charge >= 0.3 is 5.97 Å². The molecule has 0 saturated carbocycles. The van der Waals surface area contributed by atoms with E-state index in [1.165, 1.54) is 7.11 Å². The third-order valence-corrected chi connectivity index (χ3v) is 2.49. The van der Waals surface area contributed by atoms with Crippen LogP contribution in [0.25, 0.3) is 0 Å². The van der Waals surface area contributed by atoms with Crippen molar-refractivity contribution >= 4 is 11.9 Å². The minimum absolute atomic E-state index is 0.372. The summed E-state index contributed by atoms with van der Waals surface area (Å²) in [6.45, 7) is 0.829. The summed E-state index contributed by atoms with van der Waals surface area (Å²) in [4.78, 5) is 22.1. The number of nitrogens with one attached hydrogen (secondary N) is 1. The minimum Gasteiger partial charge on any atom is -0.493 e. The maximum Gasteiger partial charge on any atom is 0.328 e. The van der Waals surface area contributed by atoms with Crippen molar-refractivity contribution in [2.75, 3.05) is 20.3 Å². The molecule has 1 amide bonds. The van der Waals surface area contributed by atoms with Crippen LogP contribution in [0.1, 0.15) is 5.56 Å². The number of carbonyl (C=O) groups is 2. The maximum atomic E-state index is 11.5. The van der Waals surface area contributed by atoms with Crippen molar-refractivity contribution in [3.63, 3.8) is 0 Å². The molecule has 1 aromatic rings. The van der Waals surface area contributed by atoms with Crippen molar-refractivity contribution in [2.24, 2.45) is 0 Å². The van der Waals surface area contributed by atoms with Gasteiger partial charge in [0.1, 0.15) is 6.04 Å². The Morgan fingerprint density at radius 1 is 1.35 bits per heavy atom. The summed E-state index contributed by atoms with van der Waals surface area (Å²) in [6.07, 6.45) is 0. The number of aliphatic carboxylic acids is 1. The Bertz CT molecular complexity index is 488. The summed E-state index contributed by atoms with van der Waals surface area (Å²) in [5.74, 6) is -1.10. The van der Waals surface area contributed by atoms with Gasteiger partial charge in [-0.3, -0.25) is 4.79 Å². The number of aryl methyl sites for hydroxylation is 1. The van der Waals surface area contributed by atoms with Gasteiger partial charge in [0.05, 0.1) is 13.7 Å². The summed E-state index contributed by atoms with van der Waals surface area (Å²) in [6, 6.07) is 3.86. The number of rotatable bonds is 7. The van der Waals surface area contributed by atoms with Gasteiger partial charge in [-0.15, -0.1) is 0 Å². The van der Waals surface area contributed by atoms with Crippen LogP contribution in [0.3, 0.4) is 0 Å². The highest BCUT2D eigenvalue weighted by atomic mass is 16.5. The van der Waals surface area contributed by atoms with E-state index in [1.807, 2.05) is 6.92 Å². The van der Waals surface area contributed by atoms with Crippen molar-refractivity contribution in [3.8, 4) is 11.5 Å². The van der Waals surface area contributed by atoms with Gasteiger partial charge in [0.2, 0.25) is 0 Å². The Balaban J connectivity index is 2.59. The minimum atomic E-state index is -1.34. The molecule has 0 fully saturated rings. The first kappa shape index (κ1) is 15.8. The van der Waals surface area contributed by atoms with Gasteiger partial charge in [0, 0.05) is 0 Å². The van der Waals surface area contributed by atoms with Crippen LogP contribution in [-0.2, 0) is 9.59 Å². The van der Waals surface area contributed by atoms with Crippen LogP contribution in [0, 0.1) is 6.92 Å². The highest BCUT2D eigenvalue weighted by molar-refractivity contribution is 5.84. The van der Waals surface area contributed by atoms with E-state index < -0.39 is 24.5 Å². The molecule has 3 N–H and O–H groups in total. The first-order valence-corrected chi connectivity index (χ1v) is 5.88. The Labute approximate surface area is 116 Å². The maximum absolute atomic E-state index is 11.5. The van der Waals surface area contributed by atoms with Crippen molar-refractivity contribution in [1.82, 2.24) is 5.32 Å². The topological polar surface area (TPSA) is 105 Å². The van der Waals surface area contributed by atoms with Crippen molar-refractivity contribution in [3.05, 3.63) is 23.8 Å². The van der Waals surface area contributed by atoms with Gasteiger partial charge in [-0.25, -0.2) is 4.79 Å². The molecule has 20 heavy (non-hydrogen) atoms. The number of carboxylic acids is 1. The number of aliphatic hydroxyl groups is 1. The van der Waals surface area contributed by atoms with E-state index in [4.69, 9.17) is 19.7 Å². The molecule has 0 spiro atoms. The van der Waals surface area contributed by atoms with E-state index in [9.17, 15) is 9.59 Å². The van der Waals surface area contributed by atoms with E-state index in [0.29, 0.717) is 11.5 Å². The van der Waals surface area contributed by atoms with Crippen LogP contribution >= 0.6 is 0 Å². The van der Waals surface area contributed by atoms with E-state index in [0.717, 1.165) is 5.56 Å². The number of benzene rings is 1. The number of carbonyl (C=O) groups excluding carboxylic acids is 1. The van der Waals surface area contributed by atoms with Gasteiger partial charge in [0.25, 0.3) is 5.91 Å². The molecule has 0 saturated heterocycles. The number of ether oxygens (including phenoxy) is 2. The van der Waals surface area contributed by atoms with Crippen LogP contribution in [-0.4, -0.2) is 48.5 Å². The lowest BCUT2D eigenvalue weighted by molar-refractivity contribution is -0.143. The van der Waals surface area contributed by atoms with Crippen LogP contribution in [0.4, 0.5) is 0 Å². The second-order valence-corrected chi connectivity index (χ2v) is 4.08. The molecular weight excluding hydrogens is 266 g/mol. The monoisotopic (exact) mass is 283 g/mol. The number of carboxylic acid groups (broad SMARTS) is 1. The average Bonchev–Trinajstić information content (AvgIpc) is 2.42. The molecule has 0 radical (unpaired) electrons. The predicted octanol–water partition coefficient (Wildman–Crippen LogP) is -0.0559. The number of methoxy groups -OCH3 is 1. The number of aliphatic hydroxyl groups excluding tert-OH is 1. The summed E-state index contributed by atoms with van der Waals surface area (Å²) in [5.41, 5.74) is 0.977. The number of hydrogen-bond acceptors (Lipinski definition) is 5. The van der Waals surface area contributed by atoms with Gasteiger partial charge in [0.15, 0.2) is 18.1 Å². The standard InChI is InChI=1S/C13H17NO6/c1-8-3-4-10(11(5-8)19-2)20-7-12(16)14-9(6-15)13(17)18/h3-5,9,15H,6-7H2,1-2H3,(H,14,16)(H,17,18)/t9-/m1/s1. The molecular formula is C13H17NO6. The molecule has 1 atom stereocenters. The quantitative estimate of drug-likeness (QED) is 0.647. The van der Waals surface area contributed by atoms with Crippen LogP contribution in [0.2, 0.25) is 0 Å². The lowest BCUT2D eigenvalue weighted by atomic mass is 10.2. The van der Waals surface area contributed by atoms with Gasteiger partial charge in [-0.1, -0.05) is 6.07 Å². The van der Waals surface area contributed by atoms with Crippen molar-refractivity contribution in [1.29, 1.82) is 0 Å². The summed E-state index contributed by atoms with van der Waals surface area (Å²) in [7, 11) is 1.48. The Morgan fingerprint density at radius 2 is 2.05 bits per heavy atom. The summed E-state index contributed by atoms with van der Waals surface area (Å²) in [5, 5.41) is 19.6. The van der Waals surface area contributed by atoms with E-state index in [1.54, 1.807) is 18.2 Å². The zero-order chi connectivity index (χ0) is 15.1. The third-order valence-electron chi connectivity index (χ3n) is 2.49. The zero-order valence-electron chi connectivity index (χ0n) is 11.3. The Morgan fingerprint density at radius 3 is 2.60 bits per heavy atom. The largest absolute Gasteiger partial charge is 0.493 e. The summed E-state index contributed by atoms with van der Waals surface area (Å²) < 4.78 is 10.4. The predicted molar refractivity (Wildman–Crippen MR) is 69.9 cm³/mol. The first-order valence-electron chi connectivity index (χ1n) is 5.88. The second-order valence-electron chi connectivity index (χ2n) is 4.08. The van der Waals surface area contributed by atoms with E-state index >= 15 is 0 Å². The van der Waals surface area contributed by atoms with Crippen LogP contribution in [0.5, 0.6) is 11.5 Å². The van der Waals surface area contributed by atoms with Crippen LogP contribution in [0.15, 0.2) is 18.2 Å². The van der Waals surface area contributed by atoms with Gasteiger partial charge < -0.3 is 25.0 Å². The molecule has 1 rings (SSSR count). The van der Waals surface area contributed by atoms with E-state index in [2.05, 4.69) is 5.32 Å². The van der Waals surface area contributed by atoms with Crippen molar-refractivity contribution < 1.29 is 29.3 Å². The molecule has 0 unspecified atom stereocenters. The Hall–Kier alpha value is -2.28. The molecule has 0 bridgehead atoms. The van der Waals surface area contributed by atoms with Crippen molar-refractivity contribution in [2.45, 2.75) is 13.0 Å². The molecule has 110 valence electrons. The van der Waals surface area contributed by atoms with Gasteiger partial charge in [-0.05, 0) is 24.6 Å². The third kappa shape index (κ3) is 4.43. The summed E-state index contributed by atoms with van der Waals surface area (Å²) >= 11 is 0. The number of hydrogen-bond donors (Lipinski definition) is 3. The highest BCUT2D eigenvalue weighted by Crippen LogP contribution is 2.27. The molecule has 0 aliphatic rings. The number of amides is 1. The normalized spacial score (nSPS) is 11.6. The smallest absolute Gasteiger partial charge is 0.328 e. The van der Waals surface area contributed by atoms with Crippen LogP contribution < -0.4 is 14.8 Å². The fourth-order valence-corrected chi connectivity index (χ4v) is 1.46. The molecule has 1 aromatic carbocycles. The fourth-order valence-electron chi connectivity index (χ4n) is 1.46. The fraction of sp³-hybridized carbons (Fsp3) is 0.385. The molecule has 7 nitrogen and oxygen atoms in total. The molecule has 0 aliphatic heterocycles. The second kappa shape index (κ2) is 7.34. The molecule has 0 heterocycles. The lowest BCUT2D eigenvalue weighted by Crippen LogP contribution is -2.45. The SMILES string of the molecule is COc1cc(C)ccc1OCC(=O)N[C@H](CO)C(=O)O. The van der Waals surface area contributed by atoms with Gasteiger partial charge in [-0.2, -0.15) is 0 Å².